The Kier molecular flexibility index (Phi) is 7.45. The number of carbonyl (C=O) groups excluding carboxylic acids is 3. The van der Waals surface area contributed by atoms with Crippen molar-refractivity contribution in [2.75, 3.05) is 44.2 Å². The van der Waals surface area contributed by atoms with E-state index in [-0.39, 0.29) is 30.2 Å². The summed E-state index contributed by atoms with van der Waals surface area (Å²) in [6.07, 6.45) is 1.03. The van der Waals surface area contributed by atoms with Crippen molar-refractivity contribution in [1.82, 2.24) is 15.1 Å². The van der Waals surface area contributed by atoms with Crippen LogP contribution in [0.15, 0.2) is 41.8 Å². The van der Waals surface area contributed by atoms with E-state index in [9.17, 15) is 14.4 Å². The number of anilines is 1. The van der Waals surface area contributed by atoms with Crippen molar-refractivity contribution in [3.8, 4) is 0 Å². The normalized spacial score (nSPS) is 21.8. The lowest BCUT2D eigenvalue weighted by Gasteiger charge is -2.30. The number of hydrogen-bond donors (Lipinski definition) is 1. The number of nitrogens with zero attached hydrogens (tertiary/aromatic N) is 3. The zero-order chi connectivity index (χ0) is 23.4. The van der Waals surface area contributed by atoms with Crippen LogP contribution in [0.2, 0.25) is 0 Å². The molecule has 1 aromatic heterocycles. The summed E-state index contributed by atoms with van der Waals surface area (Å²) >= 11 is 1.59. The van der Waals surface area contributed by atoms with E-state index in [4.69, 9.17) is 0 Å². The highest BCUT2D eigenvalue weighted by molar-refractivity contribution is 7.10. The Morgan fingerprint density at radius 3 is 2.58 bits per heavy atom. The van der Waals surface area contributed by atoms with Crippen LogP contribution >= 0.6 is 11.3 Å². The Bertz CT molecular complexity index is 976. The third kappa shape index (κ3) is 5.28. The van der Waals surface area contributed by atoms with E-state index >= 15 is 0 Å². The van der Waals surface area contributed by atoms with E-state index in [1.165, 1.54) is 0 Å². The highest BCUT2D eigenvalue weighted by Gasteiger charge is 2.47. The van der Waals surface area contributed by atoms with Gasteiger partial charge >= 0.3 is 0 Å². The molecule has 0 aliphatic carbocycles. The second-order valence-corrected chi connectivity index (χ2v) is 9.76. The lowest BCUT2D eigenvalue weighted by atomic mass is 9.96. The average Bonchev–Trinajstić information content (AvgIpc) is 3.37. The molecule has 1 N–H and O–H groups in total. The molecule has 1 aromatic carbocycles. The van der Waals surface area contributed by atoms with Gasteiger partial charge in [-0.2, -0.15) is 0 Å². The van der Waals surface area contributed by atoms with Gasteiger partial charge < -0.3 is 15.1 Å². The molecule has 2 aliphatic rings. The largest absolute Gasteiger partial charge is 0.355 e. The highest BCUT2D eigenvalue weighted by Crippen LogP contribution is 2.43. The summed E-state index contributed by atoms with van der Waals surface area (Å²) in [5, 5.41) is 4.84. The van der Waals surface area contributed by atoms with Crippen LogP contribution in [0.3, 0.4) is 0 Å². The molecule has 176 valence electrons. The molecule has 3 heterocycles. The second-order valence-electron chi connectivity index (χ2n) is 8.78. The van der Waals surface area contributed by atoms with E-state index in [0.29, 0.717) is 32.7 Å². The van der Waals surface area contributed by atoms with Crippen molar-refractivity contribution in [1.29, 1.82) is 0 Å². The zero-order valence-electron chi connectivity index (χ0n) is 19.3. The Morgan fingerprint density at radius 2 is 1.88 bits per heavy atom. The van der Waals surface area contributed by atoms with Gasteiger partial charge in [0.05, 0.1) is 18.5 Å². The first-order chi connectivity index (χ1) is 16.0. The predicted molar refractivity (Wildman–Crippen MR) is 130 cm³/mol. The number of benzene rings is 1. The van der Waals surface area contributed by atoms with Crippen LogP contribution in [0.1, 0.15) is 36.2 Å². The fraction of sp³-hybridized carbons (Fsp3) is 0.480. The van der Waals surface area contributed by atoms with Gasteiger partial charge in [-0.15, -0.1) is 11.3 Å². The molecule has 0 radical (unpaired) electrons. The molecule has 2 fully saturated rings. The fourth-order valence-corrected chi connectivity index (χ4v) is 5.67. The number of nitrogens with one attached hydrogen (secondary N) is 1. The fourth-order valence-electron chi connectivity index (χ4n) is 4.79. The summed E-state index contributed by atoms with van der Waals surface area (Å²) in [6.45, 7) is 7.58. The van der Waals surface area contributed by atoms with Gasteiger partial charge in [0.25, 0.3) is 0 Å². The van der Waals surface area contributed by atoms with Gasteiger partial charge in [0.2, 0.25) is 17.7 Å². The first-order valence-corrected chi connectivity index (χ1v) is 12.6. The van der Waals surface area contributed by atoms with E-state index in [2.05, 4.69) is 10.2 Å². The Morgan fingerprint density at radius 1 is 1.09 bits per heavy atom. The molecule has 2 unspecified atom stereocenters. The number of likely N-dealkylation sites (N-methyl/N-ethyl adjacent to an activating group) is 1. The predicted octanol–water partition coefficient (Wildman–Crippen LogP) is 2.82. The summed E-state index contributed by atoms with van der Waals surface area (Å²) in [4.78, 5) is 45.7. The van der Waals surface area contributed by atoms with Gasteiger partial charge in [-0.3, -0.25) is 19.3 Å². The van der Waals surface area contributed by atoms with Gasteiger partial charge in [-0.1, -0.05) is 23.8 Å². The van der Waals surface area contributed by atoms with Crippen LogP contribution in [0, 0.1) is 12.8 Å². The molecule has 2 atom stereocenters. The first-order valence-electron chi connectivity index (χ1n) is 11.7. The van der Waals surface area contributed by atoms with Crippen molar-refractivity contribution in [2.24, 2.45) is 5.92 Å². The van der Waals surface area contributed by atoms with Crippen LogP contribution in [0.5, 0.6) is 0 Å². The van der Waals surface area contributed by atoms with Crippen LogP contribution in [0.25, 0.3) is 0 Å². The lowest BCUT2D eigenvalue weighted by molar-refractivity contribution is -0.136. The van der Waals surface area contributed by atoms with Crippen molar-refractivity contribution in [3.05, 3.63) is 52.2 Å². The molecular formula is C25H32N4O3S. The number of thiophene rings is 1. The van der Waals surface area contributed by atoms with Crippen molar-refractivity contribution >= 4 is 34.7 Å². The van der Waals surface area contributed by atoms with E-state index in [1.54, 1.807) is 11.3 Å². The molecule has 2 saturated heterocycles. The zero-order valence-corrected chi connectivity index (χ0v) is 20.1. The van der Waals surface area contributed by atoms with Crippen molar-refractivity contribution in [3.63, 3.8) is 0 Å². The molecular weight excluding hydrogens is 436 g/mol. The third-order valence-corrected chi connectivity index (χ3v) is 7.37. The second kappa shape index (κ2) is 10.5. The molecule has 0 bridgehead atoms. The minimum atomic E-state index is -0.410. The maximum Gasteiger partial charge on any atom is 0.234 e. The minimum absolute atomic E-state index is 0.0108. The summed E-state index contributed by atoms with van der Waals surface area (Å²) in [7, 11) is 0. The van der Waals surface area contributed by atoms with Gasteiger partial charge in [-0.05, 0) is 43.8 Å². The Hall–Kier alpha value is -2.71. The number of hydrogen-bond acceptors (Lipinski definition) is 5. The molecule has 4 rings (SSSR count). The standard InChI is InChI=1S/C25H32N4O3S/c1-3-26-22(30)17-27-11-5-12-28(14-13-27)25(32)20-16-23(31)29(19-9-7-18(2)8-10-19)24(20)21-6-4-15-33-21/h4,6-10,15,20,24H,3,5,11-14,16-17H2,1-2H3,(H,26,30). The molecule has 7 nitrogen and oxygen atoms in total. The van der Waals surface area contributed by atoms with E-state index in [1.807, 2.05) is 65.4 Å². The van der Waals surface area contributed by atoms with E-state index in [0.717, 1.165) is 29.1 Å². The number of carbonyl (C=O) groups is 3. The van der Waals surface area contributed by atoms with Crippen molar-refractivity contribution < 1.29 is 14.4 Å². The SMILES string of the molecule is CCNC(=O)CN1CCCN(C(=O)C2CC(=O)N(c3ccc(C)cc3)C2c2cccs2)CC1. The molecule has 2 aliphatic heterocycles. The van der Waals surface area contributed by atoms with Crippen LogP contribution < -0.4 is 10.2 Å². The number of amides is 3. The van der Waals surface area contributed by atoms with Gasteiger partial charge in [0, 0.05) is 49.7 Å². The number of aryl methyl sites for hydroxylation is 1. The van der Waals surface area contributed by atoms with Gasteiger partial charge in [0.15, 0.2) is 0 Å². The lowest BCUT2D eigenvalue weighted by Crippen LogP contribution is -2.42. The summed E-state index contributed by atoms with van der Waals surface area (Å²) in [5.74, 6) is -0.364. The van der Waals surface area contributed by atoms with Crippen molar-refractivity contribution in [2.45, 2.75) is 32.7 Å². The first kappa shape index (κ1) is 23.4. The van der Waals surface area contributed by atoms with E-state index < -0.39 is 5.92 Å². The molecule has 3 amide bonds. The minimum Gasteiger partial charge on any atom is -0.355 e. The molecule has 0 saturated carbocycles. The highest BCUT2D eigenvalue weighted by atomic mass is 32.1. The topological polar surface area (TPSA) is 73.0 Å². The quantitative estimate of drug-likeness (QED) is 0.708. The summed E-state index contributed by atoms with van der Waals surface area (Å²) < 4.78 is 0. The van der Waals surface area contributed by atoms with Gasteiger partial charge in [-0.25, -0.2) is 0 Å². The third-order valence-electron chi connectivity index (χ3n) is 6.43. The maximum atomic E-state index is 13.7. The molecule has 0 spiro atoms. The Balaban J connectivity index is 1.52. The van der Waals surface area contributed by atoms with Crippen LogP contribution in [-0.2, 0) is 14.4 Å². The monoisotopic (exact) mass is 468 g/mol. The maximum absolute atomic E-state index is 13.7. The molecule has 33 heavy (non-hydrogen) atoms. The average molecular weight is 469 g/mol. The Labute approximate surface area is 199 Å². The number of rotatable bonds is 6. The summed E-state index contributed by atoms with van der Waals surface area (Å²) in [6, 6.07) is 11.6. The molecule has 8 heteroatoms. The van der Waals surface area contributed by atoms with Gasteiger partial charge in [0.1, 0.15) is 0 Å². The van der Waals surface area contributed by atoms with Crippen LogP contribution in [-0.4, -0.2) is 66.8 Å². The molecule has 2 aromatic rings. The smallest absolute Gasteiger partial charge is 0.234 e. The summed E-state index contributed by atoms with van der Waals surface area (Å²) in [5.41, 5.74) is 1.97. The van der Waals surface area contributed by atoms with Crippen LogP contribution in [0.4, 0.5) is 5.69 Å².